The Morgan fingerprint density at radius 2 is 2.04 bits per heavy atom. The number of aryl methyl sites for hydroxylation is 2. The Kier molecular flexibility index (Phi) is 7.13. The minimum absolute atomic E-state index is 0.0387. The Labute approximate surface area is 152 Å². The number of carbonyl (C=O) groups is 2. The van der Waals surface area contributed by atoms with E-state index in [9.17, 15) is 9.59 Å². The molecule has 134 valence electrons. The van der Waals surface area contributed by atoms with Crippen LogP contribution in [0, 0.1) is 6.92 Å². The van der Waals surface area contributed by atoms with Crippen LogP contribution in [0.5, 0.6) is 5.75 Å². The third-order valence-electron chi connectivity index (χ3n) is 3.74. The number of carbonyl (C=O) groups excluding carboxylic acids is 2. The molecule has 0 aliphatic heterocycles. The largest absolute Gasteiger partial charge is 0.494 e. The topological polar surface area (TPSA) is 68.3 Å². The molecule has 0 unspecified atom stereocenters. The first-order valence-corrected chi connectivity index (χ1v) is 9.38. The van der Waals surface area contributed by atoms with Crippen LogP contribution in [0.25, 0.3) is 0 Å². The minimum Gasteiger partial charge on any atom is -0.494 e. The summed E-state index contributed by atoms with van der Waals surface area (Å²) in [6.07, 6.45) is 1.26. The minimum atomic E-state index is -0.137. The number of benzene rings is 1. The van der Waals surface area contributed by atoms with Crippen molar-refractivity contribution < 1.29 is 14.3 Å². The van der Waals surface area contributed by atoms with Crippen LogP contribution in [0.4, 0.5) is 0 Å². The van der Waals surface area contributed by atoms with Gasteiger partial charge in [-0.25, -0.2) is 4.98 Å². The number of rotatable bonds is 9. The molecule has 6 heteroatoms. The number of hydrogen-bond donors (Lipinski definition) is 1. The lowest BCUT2D eigenvalue weighted by Crippen LogP contribution is -2.23. The summed E-state index contributed by atoms with van der Waals surface area (Å²) in [4.78, 5) is 28.6. The smallest absolute Gasteiger partial charge is 0.220 e. The van der Waals surface area contributed by atoms with E-state index < -0.39 is 0 Å². The molecule has 5 nitrogen and oxygen atoms in total. The molecule has 0 radical (unpaired) electrons. The zero-order valence-electron chi connectivity index (χ0n) is 14.9. The van der Waals surface area contributed by atoms with Gasteiger partial charge in [0.15, 0.2) is 5.78 Å². The summed E-state index contributed by atoms with van der Waals surface area (Å²) in [5.41, 5.74) is 2.40. The number of hydrogen-bond acceptors (Lipinski definition) is 5. The zero-order chi connectivity index (χ0) is 18.2. The van der Waals surface area contributed by atoms with E-state index >= 15 is 0 Å². The number of nitrogens with one attached hydrogen (secondary N) is 1. The first-order chi connectivity index (χ1) is 12.0. The molecule has 0 saturated heterocycles. The molecule has 0 aliphatic carbocycles. The summed E-state index contributed by atoms with van der Waals surface area (Å²) in [7, 11) is 0. The van der Waals surface area contributed by atoms with Crippen LogP contribution >= 0.6 is 11.3 Å². The van der Waals surface area contributed by atoms with Gasteiger partial charge in [-0.2, -0.15) is 0 Å². The maximum Gasteiger partial charge on any atom is 0.220 e. The molecule has 0 aliphatic rings. The van der Waals surface area contributed by atoms with Crippen molar-refractivity contribution in [1.82, 2.24) is 10.3 Å². The summed E-state index contributed by atoms with van der Waals surface area (Å²) >= 11 is 1.60. The second-order valence-corrected chi connectivity index (χ2v) is 6.64. The zero-order valence-corrected chi connectivity index (χ0v) is 15.7. The summed E-state index contributed by atoms with van der Waals surface area (Å²) in [6.45, 7) is 6.88. The number of Topliss-reactive ketones (excluding diaryl/α,β-unsaturated/α-hetero) is 1. The van der Waals surface area contributed by atoms with Gasteiger partial charge < -0.3 is 10.1 Å². The molecule has 1 N–H and O–H groups in total. The molecule has 1 aromatic heterocycles. The van der Waals surface area contributed by atoms with Crippen molar-refractivity contribution in [2.75, 3.05) is 6.61 Å². The highest BCUT2D eigenvalue weighted by atomic mass is 32.1. The lowest BCUT2D eigenvalue weighted by atomic mass is 10.0. The maximum absolute atomic E-state index is 12.3. The second-order valence-electron chi connectivity index (χ2n) is 5.70. The molecule has 0 saturated carbocycles. The van der Waals surface area contributed by atoms with Crippen LogP contribution in [-0.4, -0.2) is 23.3 Å². The number of ketones is 1. The third kappa shape index (κ3) is 5.67. The van der Waals surface area contributed by atoms with E-state index in [1.165, 1.54) is 0 Å². The fraction of sp³-hybridized carbons (Fsp3) is 0.421. The van der Waals surface area contributed by atoms with E-state index in [1.54, 1.807) is 23.5 Å². The average Bonchev–Trinajstić information content (AvgIpc) is 3.08. The Morgan fingerprint density at radius 3 is 2.68 bits per heavy atom. The average molecular weight is 360 g/mol. The lowest BCUT2D eigenvalue weighted by molar-refractivity contribution is -0.121. The fourth-order valence-electron chi connectivity index (χ4n) is 2.38. The third-order valence-corrected chi connectivity index (χ3v) is 4.79. The molecule has 1 amide bonds. The van der Waals surface area contributed by atoms with Gasteiger partial charge in [0, 0.05) is 23.8 Å². The van der Waals surface area contributed by atoms with Crippen LogP contribution < -0.4 is 10.1 Å². The van der Waals surface area contributed by atoms with Crippen LogP contribution in [0.15, 0.2) is 23.6 Å². The number of aromatic nitrogens is 1. The van der Waals surface area contributed by atoms with Crippen LogP contribution in [0.3, 0.4) is 0 Å². The quantitative estimate of drug-likeness (QED) is 0.693. The highest BCUT2D eigenvalue weighted by Gasteiger charge is 2.11. The highest BCUT2D eigenvalue weighted by molar-refractivity contribution is 7.09. The lowest BCUT2D eigenvalue weighted by Gasteiger charge is -2.08. The number of nitrogens with zero attached hydrogens (tertiary/aromatic N) is 1. The normalized spacial score (nSPS) is 10.5. The van der Waals surface area contributed by atoms with Crippen molar-refractivity contribution >= 4 is 23.0 Å². The van der Waals surface area contributed by atoms with Gasteiger partial charge in [-0.05, 0) is 44.0 Å². The van der Waals surface area contributed by atoms with Gasteiger partial charge in [-0.1, -0.05) is 6.92 Å². The Morgan fingerprint density at radius 1 is 1.24 bits per heavy atom. The molecular weight excluding hydrogens is 336 g/mol. The first kappa shape index (κ1) is 19.1. The molecule has 0 bridgehead atoms. The molecule has 2 aromatic rings. The van der Waals surface area contributed by atoms with Crippen molar-refractivity contribution in [1.29, 1.82) is 0 Å². The number of amides is 1. The van der Waals surface area contributed by atoms with E-state index in [-0.39, 0.29) is 24.5 Å². The van der Waals surface area contributed by atoms with Crippen LogP contribution in [0.1, 0.15) is 53.3 Å². The van der Waals surface area contributed by atoms with Gasteiger partial charge in [0.05, 0.1) is 23.9 Å². The number of thiazole rings is 1. The van der Waals surface area contributed by atoms with Gasteiger partial charge in [0.1, 0.15) is 5.75 Å². The first-order valence-electron chi connectivity index (χ1n) is 8.50. The van der Waals surface area contributed by atoms with Gasteiger partial charge in [-0.15, -0.1) is 11.3 Å². The van der Waals surface area contributed by atoms with Crippen molar-refractivity contribution in [2.45, 2.75) is 46.6 Å². The van der Waals surface area contributed by atoms with E-state index in [4.69, 9.17) is 4.74 Å². The van der Waals surface area contributed by atoms with Gasteiger partial charge in [-0.3, -0.25) is 9.59 Å². The fourth-order valence-corrected chi connectivity index (χ4v) is 3.13. The van der Waals surface area contributed by atoms with Crippen molar-refractivity contribution in [3.63, 3.8) is 0 Å². The highest BCUT2D eigenvalue weighted by Crippen LogP contribution is 2.20. The van der Waals surface area contributed by atoms with Crippen molar-refractivity contribution in [3.8, 4) is 5.75 Å². The molecule has 25 heavy (non-hydrogen) atoms. The maximum atomic E-state index is 12.3. The van der Waals surface area contributed by atoms with Gasteiger partial charge in [0.2, 0.25) is 5.91 Å². The van der Waals surface area contributed by atoms with Gasteiger partial charge in [0.25, 0.3) is 0 Å². The van der Waals surface area contributed by atoms with Crippen LogP contribution in [-0.2, 0) is 17.8 Å². The van der Waals surface area contributed by atoms with Crippen molar-refractivity contribution in [2.24, 2.45) is 0 Å². The summed E-state index contributed by atoms with van der Waals surface area (Å²) in [5, 5.41) is 5.83. The summed E-state index contributed by atoms with van der Waals surface area (Å²) in [6, 6.07) is 5.37. The standard InChI is InChI=1S/C19H24N2O3S/c1-4-19-21-15(12-25-19)11-20-18(23)9-7-16(22)14-6-8-17(24-5-2)13(3)10-14/h6,8,10,12H,4-5,7,9,11H2,1-3H3,(H,20,23). The Bertz CT molecular complexity index is 740. The Balaban J connectivity index is 1.80. The van der Waals surface area contributed by atoms with E-state index in [1.807, 2.05) is 25.3 Å². The van der Waals surface area contributed by atoms with E-state index in [0.29, 0.717) is 18.7 Å². The van der Waals surface area contributed by atoms with E-state index in [0.717, 1.165) is 28.4 Å². The predicted octanol–water partition coefficient (Wildman–Crippen LogP) is 3.69. The second kappa shape index (κ2) is 9.32. The molecular formula is C19H24N2O3S. The molecule has 1 heterocycles. The van der Waals surface area contributed by atoms with Crippen molar-refractivity contribution in [3.05, 3.63) is 45.4 Å². The summed E-state index contributed by atoms with van der Waals surface area (Å²) < 4.78 is 5.47. The van der Waals surface area contributed by atoms with Crippen LogP contribution in [0.2, 0.25) is 0 Å². The monoisotopic (exact) mass is 360 g/mol. The molecule has 0 fully saturated rings. The molecule has 1 aromatic carbocycles. The molecule has 0 spiro atoms. The van der Waals surface area contributed by atoms with Gasteiger partial charge >= 0.3 is 0 Å². The summed E-state index contributed by atoms with van der Waals surface area (Å²) in [5.74, 6) is 0.608. The molecule has 0 atom stereocenters. The van der Waals surface area contributed by atoms with E-state index in [2.05, 4.69) is 17.2 Å². The SMILES string of the molecule is CCOc1ccc(C(=O)CCC(=O)NCc2csc(CC)n2)cc1C. The molecule has 2 rings (SSSR count). The number of ether oxygens (including phenoxy) is 1. The Hall–Kier alpha value is -2.21. The predicted molar refractivity (Wildman–Crippen MR) is 99.3 cm³/mol.